The second-order valence-electron chi connectivity index (χ2n) is 6.83. The molecule has 0 aromatic heterocycles. The van der Waals surface area contributed by atoms with E-state index in [1.54, 1.807) is 0 Å². The van der Waals surface area contributed by atoms with Crippen LogP contribution in [0.25, 0.3) is 27.1 Å². The highest BCUT2D eigenvalue weighted by Gasteiger charge is 2.17. The Bertz CT molecular complexity index is 1220. The van der Waals surface area contributed by atoms with Crippen LogP contribution in [0.15, 0.2) is 103 Å². The number of fused-ring (bicyclic) bond motifs is 2. The van der Waals surface area contributed by atoms with E-state index in [0.29, 0.717) is 0 Å². The molecule has 0 amide bonds. The zero-order valence-electron chi connectivity index (χ0n) is 15.0. The molecule has 2 heteroatoms. The fourth-order valence-electron chi connectivity index (χ4n) is 3.96. The van der Waals surface area contributed by atoms with Gasteiger partial charge < -0.3 is 0 Å². The SMILES string of the molecule is Clc1ccc(C(=C2C=CC=C2)c2ccc(Cl)c3ccccc23)c2ccccc12. The molecule has 0 N–H and O–H groups in total. The summed E-state index contributed by atoms with van der Waals surface area (Å²) in [6.07, 6.45) is 8.46. The molecule has 5 rings (SSSR count). The molecule has 0 saturated heterocycles. The van der Waals surface area contributed by atoms with Crippen molar-refractivity contribution in [2.45, 2.75) is 0 Å². The van der Waals surface area contributed by atoms with E-state index in [2.05, 4.69) is 72.8 Å². The molecule has 0 atom stereocenters. The Kier molecular flexibility index (Phi) is 4.31. The topological polar surface area (TPSA) is 0 Å². The van der Waals surface area contributed by atoms with Gasteiger partial charge in [-0.25, -0.2) is 0 Å². The van der Waals surface area contributed by atoms with E-state index in [-0.39, 0.29) is 0 Å². The lowest BCUT2D eigenvalue weighted by molar-refractivity contribution is 1.58. The number of halogens is 2. The quantitative estimate of drug-likeness (QED) is 0.318. The number of allylic oxidation sites excluding steroid dienone is 5. The van der Waals surface area contributed by atoms with Crippen LogP contribution in [-0.2, 0) is 0 Å². The highest BCUT2D eigenvalue weighted by atomic mass is 35.5. The van der Waals surface area contributed by atoms with Crippen molar-refractivity contribution in [2.75, 3.05) is 0 Å². The average molecular weight is 399 g/mol. The first-order valence-corrected chi connectivity index (χ1v) is 9.94. The smallest absolute Gasteiger partial charge is 0.0484 e. The maximum Gasteiger partial charge on any atom is 0.0484 e. The van der Waals surface area contributed by atoms with E-state index < -0.39 is 0 Å². The monoisotopic (exact) mass is 398 g/mol. The largest absolute Gasteiger partial charge is 0.0837 e. The van der Waals surface area contributed by atoms with Crippen LogP contribution in [0.4, 0.5) is 0 Å². The van der Waals surface area contributed by atoms with Gasteiger partial charge in [0.05, 0.1) is 0 Å². The van der Waals surface area contributed by atoms with Crippen LogP contribution < -0.4 is 0 Å². The predicted molar refractivity (Wildman–Crippen MR) is 122 cm³/mol. The lowest BCUT2D eigenvalue weighted by Gasteiger charge is -2.17. The van der Waals surface area contributed by atoms with Crippen molar-refractivity contribution >= 4 is 50.3 Å². The maximum atomic E-state index is 6.49. The Morgan fingerprint density at radius 1 is 0.500 bits per heavy atom. The second-order valence-corrected chi connectivity index (χ2v) is 7.64. The Labute approximate surface area is 174 Å². The summed E-state index contributed by atoms with van der Waals surface area (Å²) >= 11 is 13.0. The van der Waals surface area contributed by atoms with Gasteiger partial charge in [-0.2, -0.15) is 0 Å². The second kappa shape index (κ2) is 6.98. The minimum Gasteiger partial charge on any atom is -0.0837 e. The van der Waals surface area contributed by atoms with Crippen LogP contribution >= 0.6 is 23.2 Å². The molecular formula is C26H16Cl2. The molecule has 0 fully saturated rings. The van der Waals surface area contributed by atoms with Gasteiger partial charge in [-0.1, -0.05) is 108 Å². The van der Waals surface area contributed by atoms with Gasteiger partial charge in [0.15, 0.2) is 0 Å². The lowest BCUT2D eigenvalue weighted by atomic mass is 9.87. The molecule has 0 bridgehead atoms. The lowest BCUT2D eigenvalue weighted by Crippen LogP contribution is -1.95. The average Bonchev–Trinajstić information content (AvgIpc) is 3.26. The van der Waals surface area contributed by atoms with Crippen molar-refractivity contribution < 1.29 is 0 Å². The molecule has 4 aromatic rings. The number of rotatable bonds is 2. The Balaban J connectivity index is 1.91. The highest BCUT2D eigenvalue weighted by Crippen LogP contribution is 2.40. The van der Waals surface area contributed by atoms with Crippen molar-refractivity contribution in [1.82, 2.24) is 0 Å². The van der Waals surface area contributed by atoms with E-state index >= 15 is 0 Å². The van der Waals surface area contributed by atoms with Gasteiger partial charge in [-0.05, 0) is 45.2 Å². The van der Waals surface area contributed by atoms with Gasteiger partial charge in [0.2, 0.25) is 0 Å². The molecule has 1 aliphatic carbocycles. The van der Waals surface area contributed by atoms with Gasteiger partial charge in [0.25, 0.3) is 0 Å². The van der Waals surface area contributed by atoms with Gasteiger partial charge in [0, 0.05) is 20.8 Å². The summed E-state index contributed by atoms with van der Waals surface area (Å²) in [7, 11) is 0. The van der Waals surface area contributed by atoms with Gasteiger partial charge in [-0.3, -0.25) is 0 Å². The standard InChI is InChI=1S/C26H16Cl2/c27-24-15-13-22(18-9-3-5-11-20(18)24)26(17-7-1-2-8-17)23-14-16-25(28)21-12-6-4-10-19(21)23/h1-16H. The summed E-state index contributed by atoms with van der Waals surface area (Å²) in [6, 6.07) is 24.8. The number of hydrogen-bond donors (Lipinski definition) is 0. The molecule has 0 aliphatic heterocycles. The summed E-state index contributed by atoms with van der Waals surface area (Å²) < 4.78 is 0. The number of hydrogen-bond acceptors (Lipinski definition) is 0. The Morgan fingerprint density at radius 3 is 1.39 bits per heavy atom. The first-order chi connectivity index (χ1) is 13.7. The van der Waals surface area contributed by atoms with E-state index in [4.69, 9.17) is 23.2 Å². The highest BCUT2D eigenvalue weighted by molar-refractivity contribution is 6.36. The molecule has 1 aliphatic rings. The molecule has 28 heavy (non-hydrogen) atoms. The fraction of sp³-hybridized carbons (Fsp3) is 0. The molecule has 0 nitrogen and oxygen atoms in total. The van der Waals surface area contributed by atoms with Crippen molar-refractivity contribution in [3.05, 3.63) is 124 Å². The number of benzene rings is 4. The van der Waals surface area contributed by atoms with Crippen LogP contribution in [0.2, 0.25) is 10.0 Å². The summed E-state index contributed by atoms with van der Waals surface area (Å²) in [4.78, 5) is 0. The third-order valence-corrected chi connectivity index (χ3v) is 5.89. The van der Waals surface area contributed by atoms with Crippen LogP contribution in [-0.4, -0.2) is 0 Å². The first kappa shape index (κ1) is 17.3. The van der Waals surface area contributed by atoms with Crippen LogP contribution in [0, 0.1) is 0 Å². The Morgan fingerprint density at radius 2 is 0.929 bits per heavy atom. The summed E-state index contributed by atoms with van der Waals surface area (Å²) in [5.41, 5.74) is 4.70. The molecule has 0 radical (unpaired) electrons. The van der Waals surface area contributed by atoms with Crippen LogP contribution in [0.5, 0.6) is 0 Å². The van der Waals surface area contributed by atoms with Gasteiger partial charge in [0.1, 0.15) is 0 Å². The predicted octanol–water partition coefficient (Wildman–Crippen LogP) is 8.23. The zero-order chi connectivity index (χ0) is 19.1. The molecule has 0 heterocycles. The summed E-state index contributed by atoms with van der Waals surface area (Å²) in [5, 5.41) is 5.94. The zero-order valence-corrected chi connectivity index (χ0v) is 16.5. The van der Waals surface area contributed by atoms with Crippen molar-refractivity contribution in [2.24, 2.45) is 0 Å². The Hall–Kier alpha value is -2.80. The summed E-state index contributed by atoms with van der Waals surface area (Å²) in [6.45, 7) is 0. The van der Waals surface area contributed by atoms with Crippen molar-refractivity contribution in [1.29, 1.82) is 0 Å². The third-order valence-electron chi connectivity index (χ3n) is 5.23. The third kappa shape index (κ3) is 2.77. The normalized spacial score (nSPS) is 13.0. The van der Waals surface area contributed by atoms with E-state index in [1.165, 1.54) is 22.3 Å². The molecule has 134 valence electrons. The van der Waals surface area contributed by atoms with Crippen LogP contribution in [0.3, 0.4) is 0 Å². The molecule has 0 unspecified atom stereocenters. The minimum absolute atomic E-state index is 0.766. The fourth-order valence-corrected chi connectivity index (χ4v) is 4.41. The van der Waals surface area contributed by atoms with Crippen molar-refractivity contribution in [3.8, 4) is 0 Å². The molecule has 0 saturated carbocycles. The van der Waals surface area contributed by atoms with Gasteiger partial charge in [-0.15, -0.1) is 0 Å². The van der Waals surface area contributed by atoms with E-state index in [1.807, 2.05) is 24.3 Å². The van der Waals surface area contributed by atoms with E-state index in [9.17, 15) is 0 Å². The molecular weight excluding hydrogens is 383 g/mol. The minimum atomic E-state index is 0.766. The summed E-state index contributed by atoms with van der Waals surface area (Å²) in [5.74, 6) is 0. The first-order valence-electron chi connectivity index (χ1n) is 9.18. The van der Waals surface area contributed by atoms with Crippen molar-refractivity contribution in [3.63, 3.8) is 0 Å². The van der Waals surface area contributed by atoms with Crippen LogP contribution in [0.1, 0.15) is 11.1 Å². The van der Waals surface area contributed by atoms with E-state index in [0.717, 1.165) is 31.6 Å². The molecule has 0 spiro atoms. The van der Waals surface area contributed by atoms with Gasteiger partial charge >= 0.3 is 0 Å². The molecule has 4 aromatic carbocycles. The maximum absolute atomic E-state index is 6.49.